The minimum atomic E-state index is -0.514. The Labute approximate surface area is 155 Å². The second kappa shape index (κ2) is 7.38. The lowest BCUT2D eigenvalue weighted by atomic mass is 9.64. The molecule has 2 fully saturated rings. The molecule has 3 aliphatic carbocycles. The molecular weight excluding hydrogens is 324 g/mol. The standard InChI is InChI=1S/C23H28O3/c24-21-18-12-3-4-13-19(18)22(25)23(26)20(21)14-6-10-16-9-5-8-15-7-1-2-11-17(15)16/h3-4,12-13,15-17,24H,1-2,5-11,14H2. The van der Waals surface area contributed by atoms with Gasteiger partial charge in [0.2, 0.25) is 11.6 Å². The highest BCUT2D eigenvalue weighted by Gasteiger charge is 2.35. The second-order valence-electron chi connectivity index (χ2n) is 8.32. The number of Topliss-reactive ketones (excluding diaryl/α,β-unsaturated/α-hetero) is 2. The molecular formula is C23H28O3. The Morgan fingerprint density at radius 3 is 2.46 bits per heavy atom. The number of carbonyl (C=O) groups is 2. The number of benzene rings is 1. The molecule has 0 radical (unpaired) electrons. The van der Waals surface area contributed by atoms with Crippen LogP contribution in [0.4, 0.5) is 0 Å². The normalized spacial score (nSPS) is 28.7. The molecule has 0 spiro atoms. The Hall–Kier alpha value is -1.90. The summed E-state index contributed by atoms with van der Waals surface area (Å²) >= 11 is 0. The lowest BCUT2D eigenvalue weighted by molar-refractivity contribution is -0.112. The van der Waals surface area contributed by atoms with Gasteiger partial charge in [-0.25, -0.2) is 0 Å². The van der Waals surface area contributed by atoms with Gasteiger partial charge in [0.25, 0.3) is 0 Å². The molecule has 0 amide bonds. The number of aliphatic hydroxyl groups is 1. The summed E-state index contributed by atoms with van der Waals surface area (Å²) in [5, 5.41) is 10.5. The van der Waals surface area contributed by atoms with Crippen molar-refractivity contribution in [2.24, 2.45) is 17.8 Å². The molecule has 3 nitrogen and oxygen atoms in total. The van der Waals surface area contributed by atoms with E-state index in [1.807, 2.05) is 0 Å². The predicted octanol–water partition coefficient (Wildman–Crippen LogP) is 5.50. The summed E-state index contributed by atoms with van der Waals surface area (Å²) < 4.78 is 0. The number of hydrogen-bond donors (Lipinski definition) is 1. The topological polar surface area (TPSA) is 54.4 Å². The van der Waals surface area contributed by atoms with Crippen LogP contribution in [-0.2, 0) is 4.79 Å². The fourth-order valence-electron chi connectivity index (χ4n) is 5.62. The van der Waals surface area contributed by atoms with Gasteiger partial charge in [0.05, 0.1) is 0 Å². The first kappa shape index (κ1) is 17.5. The molecule has 3 heteroatoms. The first-order chi connectivity index (χ1) is 12.7. The highest BCUT2D eigenvalue weighted by molar-refractivity contribution is 6.52. The number of carbonyl (C=O) groups excluding carboxylic acids is 2. The zero-order valence-electron chi connectivity index (χ0n) is 15.4. The Bertz CT molecular complexity index is 744. The molecule has 138 valence electrons. The third-order valence-electron chi connectivity index (χ3n) is 6.92. The number of ketones is 2. The molecule has 0 aromatic heterocycles. The van der Waals surface area contributed by atoms with Crippen molar-refractivity contribution in [3.8, 4) is 0 Å². The summed E-state index contributed by atoms with van der Waals surface area (Å²) in [4.78, 5) is 24.8. The van der Waals surface area contributed by atoms with Crippen molar-refractivity contribution >= 4 is 17.3 Å². The summed E-state index contributed by atoms with van der Waals surface area (Å²) in [6, 6.07) is 6.86. The monoisotopic (exact) mass is 352 g/mol. The SMILES string of the molecule is O=C1C(=O)c2ccccc2C(O)=C1CCCC1CCCC2CCCCC21. The van der Waals surface area contributed by atoms with Gasteiger partial charge in [-0.05, 0) is 43.4 Å². The van der Waals surface area contributed by atoms with Crippen molar-refractivity contribution in [2.75, 3.05) is 0 Å². The van der Waals surface area contributed by atoms with E-state index in [4.69, 9.17) is 0 Å². The third-order valence-corrected chi connectivity index (χ3v) is 6.92. The lowest BCUT2D eigenvalue weighted by Crippen LogP contribution is -2.31. The molecule has 3 unspecified atom stereocenters. The number of hydrogen-bond acceptors (Lipinski definition) is 3. The largest absolute Gasteiger partial charge is 0.507 e. The van der Waals surface area contributed by atoms with E-state index in [1.54, 1.807) is 24.3 Å². The molecule has 2 saturated carbocycles. The van der Waals surface area contributed by atoms with E-state index >= 15 is 0 Å². The molecule has 0 bridgehead atoms. The van der Waals surface area contributed by atoms with Crippen molar-refractivity contribution in [3.63, 3.8) is 0 Å². The van der Waals surface area contributed by atoms with Crippen LogP contribution in [0.2, 0.25) is 0 Å². The fourth-order valence-corrected chi connectivity index (χ4v) is 5.62. The van der Waals surface area contributed by atoms with Gasteiger partial charge < -0.3 is 5.11 Å². The van der Waals surface area contributed by atoms with E-state index in [9.17, 15) is 14.7 Å². The average Bonchev–Trinajstić information content (AvgIpc) is 2.69. The van der Waals surface area contributed by atoms with Gasteiger partial charge in [0, 0.05) is 16.7 Å². The van der Waals surface area contributed by atoms with Crippen molar-refractivity contribution < 1.29 is 14.7 Å². The Morgan fingerprint density at radius 1 is 0.885 bits per heavy atom. The van der Waals surface area contributed by atoms with Crippen LogP contribution >= 0.6 is 0 Å². The minimum Gasteiger partial charge on any atom is -0.507 e. The van der Waals surface area contributed by atoms with Crippen LogP contribution in [0.5, 0.6) is 0 Å². The van der Waals surface area contributed by atoms with Gasteiger partial charge >= 0.3 is 0 Å². The number of allylic oxidation sites excluding steroid dienone is 1. The van der Waals surface area contributed by atoms with Crippen molar-refractivity contribution in [2.45, 2.75) is 64.2 Å². The summed E-state index contributed by atoms with van der Waals surface area (Å²) in [6.07, 6.45) is 12.1. The molecule has 3 aliphatic rings. The summed E-state index contributed by atoms with van der Waals surface area (Å²) in [5.41, 5.74) is 1.16. The summed E-state index contributed by atoms with van der Waals surface area (Å²) in [6.45, 7) is 0. The summed E-state index contributed by atoms with van der Waals surface area (Å²) in [7, 11) is 0. The van der Waals surface area contributed by atoms with E-state index in [0.717, 1.165) is 30.6 Å². The maximum atomic E-state index is 12.4. The van der Waals surface area contributed by atoms with Crippen molar-refractivity contribution in [1.29, 1.82) is 0 Å². The van der Waals surface area contributed by atoms with Crippen LogP contribution in [-0.4, -0.2) is 16.7 Å². The molecule has 4 rings (SSSR count). The van der Waals surface area contributed by atoms with E-state index < -0.39 is 11.6 Å². The quantitative estimate of drug-likeness (QED) is 0.728. The first-order valence-corrected chi connectivity index (χ1v) is 10.3. The van der Waals surface area contributed by atoms with Crippen molar-refractivity contribution in [3.05, 3.63) is 41.0 Å². The predicted molar refractivity (Wildman–Crippen MR) is 102 cm³/mol. The lowest BCUT2D eigenvalue weighted by Gasteiger charge is -2.41. The van der Waals surface area contributed by atoms with Crippen LogP contribution < -0.4 is 0 Å². The van der Waals surface area contributed by atoms with Crippen molar-refractivity contribution in [1.82, 2.24) is 0 Å². The number of fused-ring (bicyclic) bond motifs is 2. The van der Waals surface area contributed by atoms with Gasteiger partial charge in [-0.3, -0.25) is 9.59 Å². The van der Waals surface area contributed by atoms with Gasteiger partial charge in [0.1, 0.15) is 5.76 Å². The molecule has 0 saturated heterocycles. The fraction of sp³-hybridized carbons (Fsp3) is 0.565. The van der Waals surface area contributed by atoms with Crippen LogP contribution in [0, 0.1) is 17.8 Å². The maximum absolute atomic E-state index is 12.4. The zero-order valence-corrected chi connectivity index (χ0v) is 15.4. The second-order valence-corrected chi connectivity index (χ2v) is 8.32. The first-order valence-electron chi connectivity index (χ1n) is 10.3. The molecule has 1 N–H and O–H groups in total. The molecule has 0 heterocycles. The highest BCUT2D eigenvalue weighted by atomic mass is 16.3. The molecule has 3 atom stereocenters. The molecule has 1 aromatic rings. The zero-order chi connectivity index (χ0) is 18.1. The van der Waals surface area contributed by atoms with E-state index in [1.165, 1.54) is 44.9 Å². The van der Waals surface area contributed by atoms with Crippen LogP contribution in [0.15, 0.2) is 29.8 Å². The third kappa shape index (κ3) is 3.13. The number of aliphatic hydroxyl groups excluding tert-OH is 1. The number of rotatable bonds is 4. The minimum absolute atomic E-state index is 0.0180. The maximum Gasteiger partial charge on any atom is 0.234 e. The van der Waals surface area contributed by atoms with Gasteiger partial charge in [-0.15, -0.1) is 0 Å². The van der Waals surface area contributed by atoms with E-state index in [2.05, 4.69) is 0 Å². The van der Waals surface area contributed by atoms with Crippen LogP contribution in [0.3, 0.4) is 0 Å². The Balaban J connectivity index is 1.44. The van der Waals surface area contributed by atoms with Crippen LogP contribution in [0.25, 0.3) is 5.76 Å². The Morgan fingerprint density at radius 2 is 1.62 bits per heavy atom. The van der Waals surface area contributed by atoms with E-state index in [0.29, 0.717) is 23.1 Å². The van der Waals surface area contributed by atoms with E-state index in [-0.39, 0.29) is 5.76 Å². The molecule has 1 aromatic carbocycles. The van der Waals surface area contributed by atoms with Gasteiger partial charge in [0.15, 0.2) is 0 Å². The smallest absolute Gasteiger partial charge is 0.234 e. The van der Waals surface area contributed by atoms with Gasteiger partial charge in [-0.1, -0.05) is 62.8 Å². The average molecular weight is 352 g/mol. The Kier molecular flexibility index (Phi) is 4.97. The molecule has 0 aliphatic heterocycles. The summed E-state index contributed by atoms with van der Waals surface area (Å²) in [5.74, 6) is 1.58. The highest BCUT2D eigenvalue weighted by Crippen LogP contribution is 2.45. The molecule has 26 heavy (non-hydrogen) atoms. The van der Waals surface area contributed by atoms with Crippen LogP contribution in [0.1, 0.15) is 80.1 Å². The van der Waals surface area contributed by atoms with Gasteiger partial charge in [-0.2, -0.15) is 0 Å².